The summed E-state index contributed by atoms with van der Waals surface area (Å²) in [5.41, 5.74) is 6.74. The van der Waals surface area contributed by atoms with Gasteiger partial charge in [-0.2, -0.15) is 0 Å². The number of benzene rings is 2. The maximum Gasteiger partial charge on any atom is 0.306 e. The number of hydrogen-bond acceptors (Lipinski definition) is 8. The molecule has 1 atom stereocenters. The van der Waals surface area contributed by atoms with Crippen molar-refractivity contribution in [2.75, 3.05) is 16.8 Å². The van der Waals surface area contributed by atoms with Gasteiger partial charge in [0.15, 0.2) is 5.13 Å². The molecule has 174 valence electrons. The number of nitrogens with two attached hydrogens (primary N) is 1. The van der Waals surface area contributed by atoms with Crippen molar-refractivity contribution >= 4 is 73.7 Å². The number of rotatable bonds is 9. The zero-order valence-corrected chi connectivity index (χ0v) is 20.9. The zero-order chi connectivity index (χ0) is 24.1. The van der Waals surface area contributed by atoms with Gasteiger partial charge in [0.1, 0.15) is 10.7 Å². The maximum absolute atomic E-state index is 12.9. The number of carbonyl (C=O) groups excluding carboxylic acids is 2. The molecule has 0 amide bonds. The van der Waals surface area contributed by atoms with E-state index in [1.165, 1.54) is 0 Å². The van der Waals surface area contributed by atoms with Gasteiger partial charge >= 0.3 is 5.97 Å². The van der Waals surface area contributed by atoms with Crippen molar-refractivity contribution in [3.05, 3.63) is 63.0 Å². The number of halogens is 2. The van der Waals surface area contributed by atoms with Gasteiger partial charge in [-0.3, -0.25) is 13.8 Å². The summed E-state index contributed by atoms with van der Waals surface area (Å²) in [6.45, 7) is 3.52. The lowest BCUT2D eigenvalue weighted by molar-refractivity contribution is -0.146. The Hall–Kier alpha value is -2.46. The van der Waals surface area contributed by atoms with E-state index in [4.69, 9.17) is 33.7 Å². The van der Waals surface area contributed by atoms with Crippen molar-refractivity contribution in [2.24, 2.45) is 0 Å². The lowest BCUT2D eigenvalue weighted by Gasteiger charge is -2.08. The molecule has 0 radical (unpaired) electrons. The Kier molecular flexibility index (Phi) is 8.47. The molecule has 0 saturated carbocycles. The van der Waals surface area contributed by atoms with Crippen LogP contribution >= 0.6 is 34.5 Å². The molecule has 3 aromatic rings. The Morgan fingerprint density at radius 3 is 2.52 bits per heavy atom. The third-order valence-corrected chi connectivity index (χ3v) is 7.23. The van der Waals surface area contributed by atoms with Crippen LogP contribution in [-0.4, -0.2) is 32.8 Å². The van der Waals surface area contributed by atoms with Crippen LogP contribution in [0.5, 0.6) is 0 Å². The van der Waals surface area contributed by atoms with Gasteiger partial charge in [0.2, 0.25) is 5.78 Å². The quantitative estimate of drug-likeness (QED) is 0.282. The van der Waals surface area contributed by atoms with E-state index < -0.39 is 16.6 Å². The summed E-state index contributed by atoms with van der Waals surface area (Å²) >= 11 is 13.3. The number of thiazole rings is 1. The molecule has 0 spiro atoms. The van der Waals surface area contributed by atoms with Crippen molar-refractivity contribution in [1.82, 2.24) is 4.98 Å². The second-order valence-electron chi connectivity index (χ2n) is 7.15. The highest BCUT2D eigenvalue weighted by Gasteiger charge is 2.22. The molecule has 1 heterocycles. The molecule has 1 aromatic heterocycles. The molecule has 0 bridgehead atoms. The maximum atomic E-state index is 12.9. The van der Waals surface area contributed by atoms with E-state index in [-0.39, 0.29) is 50.6 Å². The summed E-state index contributed by atoms with van der Waals surface area (Å²) in [5, 5.41) is 3.90. The van der Waals surface area contributed by atoms with E-state index in [9.17, 15) is 13.8 Å². The Labute approximate surface area is 207 Å². The number of nitrogens with zero attached hydrogens (tertiary/aromatic N) is 1. The average Bonchev–Trinajstić information content (AvgIpc) is 3.11. The van der Waals surface area contributed by atoms with Crippen LogP contribution in [0.25, 0.3) is 0 Å². The van der Waals surface area contributed by atoms with Gasteiger partial charge in [-0.15, -0.1) is 0 Å². The van der Waals surface area contributed by atoms with Crippen molar-refractivity contribution in [2.45, 2.75) is 31.3 Å². The monoisotopic (exact) mass is 525 g/mol. The molecule has 3 N–H and O–H groups in total. The van der Waals surface area contributed by atoms with Crippen LogP contribution in [0.4, 0.5) is 16.6 Å². The summed E-state index contributed by atoms with van der Waals surface area (Å²) in [4.78, 5) is 29.6. The van der Waals surface area contributed by atoms with E-state index in [1.54, 1.807) is 56.3 Å². The highest BCUT2D eigenvalue weighted by molar-refractivity contribution is 7.85. The number of carbonyl (C=O) groups is 2. The lowest BCUT2D eigenvalue weighted by atomic mass is 10.1. The minimum Gasteiger partial charge on any atom is -0.463 e. The van der Waals surface area contributed by atoms with Gasteiger partial charge in [0.25, 0.3) is 0 Å². The fourth-order valence-corrected chi connectivity index (χ4v) is 5.33. The fourth-order valence-electron chi connectivity index (χ4n) is 2.83. The third-order valence-electron chi connectivity index (χ3n) is 4.26. The first-order valence-corrected chi connectivity index (χ1v) is 12.7. The van der Waals surface area contributed by atoms with Crippen LogP contribution in [0.3, 0.4) is 0 Å². The SMILES string of the molecule is CC(C)OC(=O)CCS(=O)c1cccc(Nc2nc(N)c(C(=O)c3c(Cl)cccc3Cl)s2)c1. The standard InChI is InChI=1S/C22H21Cl2N3O4S2/c1-12(2)31-17(28)9-10-33(30)14-6-3-5-13(11-14)26-22-27-21(25)20(32-22)19(29)18-15(23)7-4-8-16(18)24/h3-8,11-12H,9-10,25H2,1-2H3,(H,26,27). The molecule has 11 heteroatoms. The molecule has 1 unspecified atom stereocenters. The number of nitrogens with one attached hydrogen (secondary N) is 1. The zero-order valence-electron chi connectivity index (χ0n) is 17.8. The normalized spacial score (nSPS) is 11.9. The number of aromatic nitrogens is 1. The molecule has 0 aliphatic heterocycles. The minimum absolute atomic E-state index is 0.0480. The van der Waals surface area contributed by atoms with Crippen LogP contribution in [0.15, 0.2) is 47.4 Å². The Balaban J connectivity index is 1.73. The smallest absolute Gasteiger partial charge is 0.306 e. The Morgan fingerprint density at radius 1 is 1.18 bits per heavy atom. The molecular formula is C22H21Cl2N3O4S2. The lowest BCUT2D eigenvalue weighted by Crippen LogP contribution is -2.14. The molecule has 0 aliphatic carbocycles. The number of hydrogen-bond donors (Lipinski definition) is 2. The third kappa shape index (κ3) is 6.54. The van der Waals surface area contributed by atoms with Crippen molar-refractivity contribution in [1.29, 1.82) is 0 Å². The van der Waals surface area contributed by atoms with E-state index in [0.717, 1.165) is 11.3 Å². The van der Waals surface area contributed by atoms with Crippen LogP contribution in [0.1, 0.15) is 35.5 Å². The predicted octanol–water partition coefficient (Wildman–Crippen LogP) is 5.46. The molecule has 33 heavy (non-hydrogen) atoms. The summed E-state index contributed by atoms with van der Waals surface area (Å²) in [5.74, 6) is -0.610. The second kappa shape index (κ2) is 11.1. The first-order valence-electron chi connectivity index (χ1n) is 9.85. The number of esters is 1. The Bertz CT molecular complexity index is 1190. The number of nitrogen functional groups attached to an aromatic ring is 1. The van der Waals surface area contributed by atoms with Crippen LogP contribution in [0, 0.1) is 0 Å². The van der Waals surface area contributed by atoms with Gasteiger partial charge in [-0.25, -0.2) is 4.98 Å². The van der Waals surface area contributed by atoms with Gasteiger partial charge in [0, 0.05) is 16.3 Å². The predicted molar refractivity (Wildman–Crippen MR) is 133 cm³/mol. The van der Waals surface area contributed by atoms with Gasteiger partial charge < -0.3 is 15.8 Å². The first-order chi connectivity index (χ1) is 15.7. The van der Waals surface area contributed by atoms with Crippen LogP contribution in [-0.2, 0) is 20.3 Å². The molecule has 0 fully saturated rings. The van der Waals surface area contributed by atoms with E-state index in [1.807, 2.05) is 0 Å². The number of ether oxygens (including phenoxy) is 1. The molecule has 0 saturated heterocycles. The highest BCUT2D eigenvalue weighted by Crippen LogP contribution is 2.34. The first kappa shape index (κ1) is 25.2. The fraction of sp³-hybridized carbons (Fsp3) is 0.227. The van der Waals surface area contributed by atoms with Gasteiger partial charge in [-0.05, 0) is 44.2 Å². The summed E-state index contributed by atoms with van der Waals surface area (Å²) in [7, 11) is -1.39. The van der Waals surface area contributed by atoms with Gasteiger partial charge in [0.05, 0.1) is 38.9 Å². The molecule has 7 nitrogen and oxygen atoms in total. The topological polar surface area (TPSA) is 111 Å². The summed E-state index contributed by atoms with van der Waals surface area (Å²) in [6, 6.07) is 11.7. The summed E-state index contributed by atoms with van der Waals surface area (Å²) in [6.07, 6.45) is -0.156. The van der Waals surface area contributed by atoms with Crippen molar-refractivity contribution in [3.63, 3.8) is 0 Å². The summed E-state index contributed by atoms with van der Waals surface area (Å²) < 4.78 is 17.7. The average molecular weight is 526 g/mol. The van der Waals surface area contributed by atoms with Crippen molar-refractivity contribution < 1.29 is 18.5 Å². The van der Waals surface area contributed by atoms with E-state index >= 15 is 0 Å². The molecule has 2 aromatic carbocycles. The number of ketones is 1. The second-order valence-corrected chi connectivity index (χ2v) is 10.5. The molecular weight excluding hydrogens is 505 g/mol. The Morgan fingerprint density at radius 2 is 1.85 bits per heavy atom. The molecule has 0 aliphatic rings. The van der Waals surface area contributed by atoms with Gasteiger partial charge in [-0.1, -0.05) is 46.7 Å². The van der Waals surface area contributed by atoms with E-state index in [2.05, 4.69) is 10.3 Å². The highest BCUT2D eigenvalue weighted by atomic mass is 35.5. The number of anilines is 3. The molecule has 3 rings (SSSR count). The largest absolute Gasteiger partial charge is 0.463 e. The van der Waals surface area contributed by atoms with E-state index in [0.29, 0.717) is 15.7 Å². The van der Waals surface area contributed by atoms with Crippen LogP contribution < -0.4 is 11.1 Å². The van der Waals surface area contributed by atoms with Crippen LogP contribution in [0.2, 0.25) is 10.0 Å². The minimum atomic E-state index is -1.39. The van der Waals surface area contributed by atoms with Crippen molar-refractivity contribution in [3.8, 4) is 0 Å².